The quantitative estimate of drug-likeness (QED) is 0.321. The summed E-state index contributed by atoms with van der Waals surface area (Å²) in [6.45, 7) is 0. The van der Waals surface area contributed by atoms with E-state index in [9.17, 15) is 10.1 Å². The van der Waals surface area contributed by atoms with Crippen molar-refractivity contribution in [1.82, 2.24) is 0 Å². The number of anilines is 1. The fraction of sp³-hybridized carbons (Fsp3) is 0.125. The molecule has 0 bridgehead atoms. The Kier molecular flexibility index (Phi) is 2.59. The second kappa shape index (κ2) is 3.66. The Hall–Kier alpha value is -1.91. The van der Waals surface area contributed by atoms with E-state index in [0.717, 1.165) is 0 Å². The summed E-state index contributed by atoms with van der Waals surface area (Å²) in [4.78, 5) is 13.7. The molecule has 1 aromatic carbocycles. The lowest BCUT2D eigenvalue weighted by atomic mass is 10.2. The van der Waals surface area contributed by atoms with Gasteiger partial charge in [0, 0.05) is 36.6 Å². The summed E-state index contributed by atoms with van der Waals surface area (Å²) in [6.07, 6.45) is 1.49. The normalized spacial score (nSPS) is 10.5. The van der Waals surface area contributed by atoms with Gasteiger partial charge in [0.15, 0.2) is 0 Å². The zero-order chi connectivity index (χ0) is 9.84. The first-order valence-corrected chi connectivity index (χ1v) is 3.61. The molecule has 0 saturated carbocycles. The van der Waals surface area contributed by atoms with Crippen molar-refractivity contribution in [3.8, 4) is 0 Å². The molecule has 2 N–H and O–H groups in total. The third-order valence-electron chi connectivity index (χ3n) is 1.55. The molecule has 13 heavy (non-hydrogen) atoms. The minimum Gasteiger partial charge on any atom is -0.398 e. The molecule has 0 fully saturated rings. The molecule has 0 aliphatic rings. The summed E-state index contributed by atoms with van der Waals surface area (Å²) in [5, 5.41) is 10.4. The number of hydrogen-bond acceptors (Lipinski definition) is 4. The van der Waals surface area contributed by atoms with E-state index < -0.39 is 4.92 Å². The number of nitro groups is 1. The maximum Gasteiger partial charge on any atom is 0.270 e. The third kappa shape index (κ3) is 2.02. The Morgan fingerprint density at radius 2 is 2.31 bits per heavy atom. The van der Waals surface area contributed by atoms with Crippen molar-refractivity contribution in [2.45, 2.75) is 0 Å². The zero-order valence-corrected chi connectivity index (χ0v) is 7.10. The SMILES string of the molecule is CN=Cc1cc([N+](=O)[O-])ccc1N. The monoisotopic (exact) mass is 179 g/mol. The van der Waals surface area contributed by atoms with Gasteiger partial charge in [-0.25, -0.2) is 0 Å². The van der Waals surface area contributed by atoms with Crippen molar-refractivity contribution in [2.75, 3.05) is 12.8 Å². The van der Waals surface area contributed by atoms with Gasteiger partial charge in [-0.1, -0.05) is 0 Å². The van der Waals surface area contributed by atoms with Crippen molar-refractivity contribution in [3.05, 3.63) is 33.9 Å². The number of nitrogens with zero attached hydrogens (tertiary/aromatic N) is 2. The van der Waals surface area contributed by atoms with Crippen LogP contribution < -0.4 is 5.73 Å². The van der Waals surface area contributed by atoms with E-state index in [1.165, 1.54) is 24.4 Å². The van der Waals surface area contributed by atoms with Gasteiger partial charge in [-0.3, -0.25) is 15.1 Å². The smallest absolute Gasteiger partial charge is 0.270 e. The molecular weight excluding hydrogens is 170 g/mol. The second-order valence-corrected chi connectivity index (χ2v) is 2.46. The number of nitrogen functional groups attached to an aromatic ring is 1. The van der Waals surface area contributed by atoms with Gasteiger partial charge >= 0.3 is 0 Å². The third-order valence-corrected chi connectivity index (χ3v) is 1.55. The zero-order valence-electron chi connectivity index (χ0n) is 7.10. The number of hydrogen-bond donors (Lipinski definition) is 1. The summed E-state index contributed by atoms with van der Waals surface area (Å²) < 4.78 is 0. The molecule has 5 heteroatoms. The second-order valence-electron chi connectivity index (χ2n) is 2.46. The number of non-ortho nitro benzene ring substituents is 1. The highest BCUT2D eigenvalue weighted by Crippen LogP contribution is 2.17. The molecule has 5 nitrogen and oxygen atoms in total. The Morgan fingerprint density at radius 3 is 2.85 bits per heavy atom. The van der Waals surface area contributed by atoms with Crippen LogP contribution in [0.2, 0.25) is 0 Å². The van der Waals surface area contributed by atoms with Crippen molar-refractivity contribution < 1.29 is 4.92 Å². The van der Waals surface area contributed by atoms with Crippen LogP contribution in [0.15, 0.2) is 23.2 Å². The van der Waals surface area contributed by atoms with Crippen molar-refractivity contribution in [2.24, 2.45) is 4.99 Å². The molecule has 0 radical (unpaired) electrons. The average Bonchev–Trinajstić information content (AvgIpc) is 2.08. The summed E-state index contributed by atoms with van der Waals surface area (Å²) in [6, 6.07) is 4.25. The Balaban J connectivity index is 3.18. The van der Waals surface area contributed by atoms with Crippen molar-refractivity contribution in [3.63, 3.8) is 0 Å². The van der Waals surface area contributed by atoms with Crippen LogP contribution in [0.3, 0.4) is 0 Å². The average molecular weight is 179 g/mol. The number of nitrogens with two attached hydrogens (primary N) is 1. The van der Waals surface area contributed by atoms with Crippen molar-refractivity contribution in [1.29, 1.82) is 0 Å². The molecule has 0 unspecified atom stereocenters. The predicted octanol–water partition coefficient (Wildman–Crippen LogP) is 1.23. The van der Waals surface area contributed by atoms with E-state index in [1.807, 2.05) is 0 Å². The van der Waals surface area contributed by atoms with Gasteiger partial charge in [0.2, 0.25) is 0 Å². The number of rotatable bonds is 2. The Morgan fingerprint density at radius 1 is 1.62 bits per heavy atom. The minimum atomic E-state index is -0.466. The highest BCUT2D eigenvalue weighted by Gasteiger charge is 2.06. The Bertz CT molecular complexity index is 360. The number of benzene rings is 1. The molecule has 0 amide bonds. The Labute approximate surface area is 75.0 Å². The minimum absolute atomic E-state index is 0.0177. The predicted molar refractivity (Wildman–Crippen MR) is 51.0 cm³/mol. The van der Waals surface area contributed by atoms with Crippen LogP contribution in [0.4, 0.5) is 11.4 Å². The topological polar surface area (TPSA) is 81.5 Å². The van der Waals surface area contributed by atoms with Crippen molar-refractivity contribution >= 4 is 17.6 Å². The molecule has 0 aliphatic heterocycles. The fourth-order valence-corrected chi connectivity index (χ4v) is 0.927. The molecule has 1 rings (SSSR count). The van der Waals surface area contributed by atoms with E-state index in [1.54, 1.807) is 7.05 Å². The summed E-state index contributed by atoms with van der Waals surface area (Å²) >= 11 is 0. The number of nitro benzene ring substituents is 1. The van der Waals surface area contributed by atoms with Crippen LogP contribution >= 0.6 is 0 Å². The molecule has 0 aromatic heterocycles. The first-order valence-electron chi connectivity index (χ1n) is 3.61. The lowest BCUT2D eigenvalue weighted by Crippen LogP contribution is -1.95. The maximum absolute atomic E-state index is 10.4. The molecule has 1 aromatic rings. The first-order chi connectivity index (χ1) is 6.15. The van der Waals surface area contributed by atoms with Gasteiger partial charge in [0.1, 0.15) is 0 Å². The molecule has 0 spiro atoms. The van der Waals surface area contributed by atoms with Gasteiger partial charge in [0.05, 0.1) is 4.92 Å². The van der Waals surface area contributed by atoms with Crippen LogP contribution in [0.5, 0.6) is 0 Å². The molecule has 0 aliphatic carbocycles. The van der Waals surface area contributed by atoms with Gasteiger partial charge in [-0.2, -0.15) is 0 Å². The van der Waals surface area contributed by atoms with Crippen LogP contribution in [0.1, 0.15) is 5.56 Å². The van der Waals surface area contributed by atoms with E-state index in [4.69, 9.17) is 5.73 Å². The van der Waals surface area contributed by atoms with Gasteiger partial charge in [-0.15, -0.1) is 0 Å². The number of aliphatic imine (C=N–C) groups is 1. The lowest BCUT2D eigenvalue weighted by Gasteiger charge is -1.98. The molecule has 0 heterocycles. The molecule has 68 valence electrons. The highest BCUT2D eigenvalue weighted by molar-refractivity contribution is 5.87. The lowest BCUT2D eigenvalue weighted by molar-refractivity contribution is -0.384. The van der Waals surface area contributed by atoms with Crippen LogP contribution in [-0.2, 0) is 0 Å². The van der Waals surface area contributed by atoms with Gasteiger partial charge in [-0.05, 0) is 6.07 Å². The standard InChI is InChI=1S/C8H9N3O2/c1-10-5-6-4-7(11(12)13)2-3-8(6)9/h2-5H,9H2,1H3. The largest absolute Gasteiger partial charge is 0.398 e. The molecular formula is C8H9N3O2. The van der Waals surface area contributed by atoms with E-state index in [-0.39, 0.29) is 5.69 Å². The van der Waals surface area contributed by atoms with Crippen LogP contribution in [-0.4, -0.2) is 18.2 Å². The van der Waals surface area contributed by atoms with Gasteiger partial charge in [0.25, 0.3) is 5.69 Å². The van der Waals surface area contributed by atoms with Crippen LogP contribution in [0, 0.1) is 10.1 Å². The highest BCUT2D eigenvalue weighted by atomic mass is 16.6. The molecule has 0 atom stereocenters. The molecule has 0 saturated heterocycles. The van der Waals surface area contributed by atoms with E-state index in [2.05, 4.69) is 4.99 Å². The van der Waals surface area contributed by atoms with E-state index in [0.29, 0.717) is 11.3 Å². The maximum atomic E-state index is 10.4. The van der Waals surface area contributed by atoms with Crippen LogP contribution in [0.25, 0.3) is 0 Å². The first kappa shape index (κ1) is 9.18. The summed E-state index contributed by atoms with van der Waals surface area (Å²) in [5.74, 6) is 0. The van der Waals surface area contributed by atoms with Gasteiger partial charge < -0.3 is 5.73 Å². The van der Waals surface area contributed by atoms with E-state index >= 15 is 0 Å². The fourth-order valence-electron chi connectivity index (χ4n) is 0.927. The summed E-state index contributed by atoms with van der Waals surface area (Å²) in [7, 11) is 1.58. The summed E-state index contributed by atoms with van der Waals surface area (Å²) in [5.41, 5.74) is 6.63.